The normalized spacial score (nSPS) is 27.5. The summed E-state index contributed by atoms with van der Waals surface area (Å²) in [5.74, 6) is 0.583. The van der Waals surface area contributed by atoms with Crippen LogP contribution in [0.1, 0.15) is 57.1 Å². The van der Waals surface area contributed by atoms with Gasteiger partial charge in [-0.3, -0.25) is 4.79 Å². The van der Waals surface area contributed by atoms with E-state index in [1.165, 1.54) is 11.1 Å². The second-order valence-electron chi connectivity index (χ2n) is 7.45. The lowest BCUT2D eigenvalue weighted by Crippen LogP contribution is -2.36. The minimum Gasteiger partial charge on any atom is -0.326 e. The fraction of sp³-hybridized carbons (Fsp3) is 0.611. The third-order valence-electron chi connectivity index (χ3n) is 5.15. The Balaban J connectivity index is 1.82. The molecule has 2 atom stereocenters. The van der Waals surface area contributed by atoms with E-state index in [2.05, 4.69) is 38.2 Å². The number of nitrogens with zero attached hydrogens (tertiary/aromatic N) is 1. The first-order valence-corrected chi connectivity index (χ1v) is 8.57. The molecule has 22 heavy (non-hydrogen) atoms. The van der Waals surface area contributed by atoms with Crippen molar-refractivity contribution in [3.63, 3.8) is 0 Å². The van der Waals surface area contributed by atoms with E-state index in [0.717, 1.165) is 31.5 Å². The molecule has 0 radical (unpaired) electrons. The molecule has 1 fully saturated rings. The molecular weight excluding hydrogens is 296 g/mol. The minimum absolute atomic E-state index is 0.00757. The van der Waals surface area contributed by atoms with Crippen LogP contribution in [0.5, 0.6) is 0 Å². The summed E-state index contributed by atoms with van der Waals surface area (Å²) in [5, 5.41) is 3.18. The first-order chi connectivity index (χ1) is 10.4. The highest BCUT2D eigenvalue weighted by molar-refractivity contribution is 6.13. The zero-order chi connectivity index (χ0) is 15.9. The molecule has 0 spiro atoms. The van der Waals surface area contributed by atoms with Gasteiger partial charge in [0.2, 0.25) is 5.91 Å². The number of hydrogen-bond donors (Lipinski definition) is 1. The molecule has 1 aliphatic heterocycles. The van der Waals surface area contributed by atoms with Gasteiger partial charge in [0, 0.05) is 18.8 Å². The van der Waals surface area contributed by atoms with Gasteiger partial charge in [-0.15, -0.1) is 0 Å². The molecule has 3 rings (SSSR count). The van der Waals surface area contributed by atoms with Crippen LogP contribution in [0.25, 0.3) is 0 Å². The van der Waals surface area contributed by atoms with Crippen molar-refractivity contribution < 1.29 is 4.79 Å². The number of carbonyl (C=O) groups is 1. The number of anilines is 1. The quantitative estimate of drug-likeness (QED) is 0.825. The lowest BCUT2D eigenvalue weighted by molar-refractivity contribution is -0.120. The van der Waals surface area contributed by atoms with Gasteiger partial charge in [-0.05, 0) is 59.6 Å². The standard InChI is InChI=1S/C18H25ClN2O/c1-12-10-18(2,3)14-7-4-8-15(16(12)14)20-17(22)13-6-5-9-21(19)11-13/h4,7-8,12-13H,5-6,9-11H2,1-3H3,(H,20,22). The van der Waals surface area contributed by atoms with Crippen LogP contribution in [0.2, 0.25) is 0 Å². The van der Waals surface area contributed by atoms with Crippen LogP contribution >= 0.6 is 11.8 Å². The average Bonchev–Trinajstić information content (AvgIpc) is 2.69. The minimum atomic E-state index is -0.00757. The smallest absolute Gasteiger partial charge is 0.228 e. The van der Waals surface area contributed by atoms with E-state index in [-0.39, 0.29) is 17.2 Å². The van der Waals surface area contributed by atoms with Crippen molar-refractivity contribution in [3.8, 4) is 0 Å². The Kier molecular flexibility index (Phi) is 4.21. The maximum Gasteiger partial charge on any atom is 0.228 e. The van der Waals surface area contributed by atoms with E-state index in [1.54, 1.807) is 4.42 Å². The number of benzene rings is 1. The van der Waals surface area contributed by atoms with Crippen LogP contribution in [-0.4, -0.2) is 23.4 Å². The van der Waals surface area contributed by atoms with Crippen molar-refractivity contribution in [2.75, 3.05) is 18.4 Å². The summed E-state index contributed by atoms with van der Waals surface area (Å²) in [6.45, 7) is 8.34. The Bertz CT molecular complexity index is 584. The Morgan fingerprint density at radius 3 is 2.91 bits per heavy atom. The summed E-state index contributed by atoms with van der Waals surface area (Å²) >= 11 is 6.07. The predicted molar refractivity (Wildman–Crippen MR) is 91.3 cm³/mol. The summed E-state index contributed by atoms with van der Waals surface area (Å²) in [4.78, 5) is 12.6. The zero-order valence-corrected chi connectivity index (χ0v) is 14.4. The molecule has 120 valence electrons. The van der Waals surface area contributed by atoms with Gasteiger partial charge >= 0.3 is 0 Å². The molecule has 0 saturated carbocycles. The molecular formula is C18H25ClN2O. The van der Waals surface area contributed by atoms with Crippen LogP contribution in [-0.2, 0) is 10.2 Å². The van der Waals surface area contributed by atoms with Crippen LogP contribution in [0.4, 0.5) is 5.69 Å². The fourth-order valence-electron chi connectivity index (χ4n) is 4.15. The Labute approximate surface area is 138 Å². The maximum atomic E-state index is 12.6. The van der Waals surface area contributed by atoms with Crippen molar-refractivity contribution >= 4 is 23.4 Å². The predicted octanol–water partition coefficient (Wildman–Crippen LogP) is 4.28. The molecule has 2 unspecified atom stereocenters. The van der Waals surface area contributed by atoms with Crippen LogP contribution < -0.4 is 5.32 Å². The molecule has 0 bridgehead atoms. The topological polar surface area (TPSA) is 32.3 Å². The van der Waals surface area contributed by atoms with Crippen molar-refractivity contribution in [1.82, 2.24) is 4.42 Å². The highest BCUT2D eigenvalue weighted by atomic mass is 35.5. The number of rotatable bonds is 2. The van der Waals surface area contributed by atoms with E-state index in [0.29, 0.717) is 12.5 Å². The summed E-state index contributed by atoms with van der Waals surface area (Å²) in [5.41, 5.74) is 3.87. The number of amides is 1. The molecule has 1 aromatic rings. The second-order valence-corrected chi connectivity index (χ2v) is 7.93. The monoisotopic (exact) mass is 320 g/mol. The summed E-state index contributed by atoms with van der Waals surface area (Å²) in [6, 6.07) is 6.30. The third-order valence-corrected chi connectivity index (χ3v) is 5.45. The van der Waals surface area contributed by atoms with Crippen molar-refractivity contribution in [3.05, 3.63) is 29.3 Å². The van der Waals surface area contributed by atoms with Crippen LogP contribution in [0, 0.1) is 5.92 Å². The first kappa shape index (κ1) is 15.8. The largest absolute Gasteiger partial charge is 0.326 e. The fourth-order valence-corrected chi connectivity index (χ4v) is 4.44. The zero-order valence-electron chi connectivity index (χ0n) is 13.7. The van der Waals surface area contributed by atoms with Gasteiger partial charge in [0.05, 0.1) is 5.92 Å². The lowest BCUT2D eigenvalue weighted by atomic mass is 9.86. The van der Waals surface area contributed by atoms with Crippen LogP contribution in [0.15, 0.2) is 18.2 Å². The Morgan fingerprint density at radius 1 is 1.41 bits per heavy atom. The second kappa shape index (κ2) is 5.86. The number of hydrogen-bond acceptors (Lipinski definition) is 2. The lowest BCUT2D eigenvalue weighted by Gasteiger charge is -2.27. The number of piperidine rings is 1. The highest BCUT2D eigenvalue weighted by Crippen LogP contribution is 2.48. The SMILES string of the molecule is CC1CC(C)(C)c2cccc(NC(=O)C3CCCN(Cl)C3)c21. The molecule has 1 N–H and O–H groups in total. The number of fused-ring (bicyclic) bond motifs is 1. The summed E-state index contributed by atoms with van der Waals surface area (Å²) in [6.07, 6.45) is 3.04. The van der Waals surface area contributed by atoms with Crippen molar-refractivity contribution in [2.24, 2.45) is 5.92 Å². The van der Waals surface area contributed by atoms with Crippen molar-refractivity contribution in [1.29, 1.82) is 0 Å². The van der Waals surface area contributed by atoms with E-state index >= 15 is 0 Å². The maximum absolute atomic E-state index is 12.6. The number of carbonyl (C=O) groups excluding carboxylic acids is 1. The van der Waals surface area contributed by atoms with Gasteiger partial charge in [-0.2, -0.15) is 0 Å². The van der Waals surface area contributed by atoms with Crippen LogP contribution in [0.3, 0.4) is 0 Å². The van der Waals surface area contributed by atoms with E-state index in [4.69, 9.17) is 11.8 Å². The van der Waals surface area contributed by atoms with E-state index in [9.17, 15) is 4.79 Å². The highest BCUT2D eigenvalue weighted by Gasteiger charge is 2.36. The third kappa shape index (κ3) is 2.89. The molecule has 2 aliphatic rings. The van der Waals surface area contributed by atoms with E-state index in [1.807, 2.05) is 6.07 Å². The first-order valence-electron chi connectivity index (χ1n) is 8.23. The number of nitrogens with one attached hydrogen (secondary N) is 1. The molecule has 3 nitrogen and oxygen atoms in total. The van der Waals surface area contributed by atoms with Gasteiger partial charge in [-0.25, -0.2) is 4.42 Å². The molecule has 1 heterocycles. The molecule has 1 amide bonds. The van der Waals surface area contributed by atoms with E-state index < -0.39 is 0 Å². The molecule has 1 saturated heterocycles. The molecule has 0 aromatic heterocycles. The average molecular weight is 321 g/mol. The Morgan fingerprint density at radius 2 is 2.18 bits per heavy atom. The van der Waals surface area contributed by atoms with Gasteiger partial charge in [0.25, 0.3) is 0 Å². The van der Waals surface area contributed by atoms with Gasteiger partial charge in [0.1, 0.15) is 0 Å². The van der Waals surface area contributed by atoms with Gasteiger partial charge < -0.3 is 5.32 Å². The number of halogens is 1. The van der Waals surface area contributed by atoms with Gasteiger partial charge in [-0.1, -0.05) is 32.9 Å². The van der Waals surface area contributed by atoms with Gasteiger partial charge in [0.15, 0.2) is 0 Å². The molecule has 1 aromatic carbocycles. The summed E-state index contributed by atoms with van der Waals surface area (Å²) < 4.78 is 1.73. The molecule has 4 heteroatoms. The molecule has 1 aliphatic carbocycles. The van der Waals surface area contributed by atoms with Crippen molar-refractivity contribution in [2.45, 2.75) is 51.4 Å². The summed E-state index contributed by atoms with van der Waals surface area (Å²) in [7, 11) is 0. The Hall–Kier alpha value is -1.06.